The fourth-order valence-electron chi connectivity index (χ4n) is 9.74. The van der Waals surface area contributed by atoms with E-state index in [1.54, 1.807) is 0 Å². The van der Waals surface area contributed by atoms with Crippen LogP contribution in [0.4, 0.5) is 11.5 Å². The van der Waals surface area contributed by atoms with E-state index in [1.165, 1.54) is 48.2 Å². The molecule has 6 heterocycles. The maximum absolute atomic E-state index is 5.09. The van der Waals surface area contributed by atoms with Gasteiger partial charge in [0.15, 0.2) is 11.5 Å². The summed E-state index contributed by atoms with van der Waals surface area (Å²) in [5.41, 5.74) is 14.0. The minimum Gasteiger partial charge on any atom is -0.391 e. The van der Waals surface area contributed by atoms with E-state index >= 15 is 0 Å². The molecule has 346 valence electrons. The average Bonchev–Trinajstić information content (AvgIpc) is 4.02. The zero-order valence-corrected chi connectivity index (χ0v) is 40.4. The lowest BCUT2D eigenvalue weighted by Crippen LogP contribution is -2.47. The highest BCUT2D eigenvalue weighted by atomic mass is 15.3. The van der Waals surface area contributed by atoms with Gasteiger partial charge in [0.1, 0.15) is 11.5 Å². The van der Waals surface area contributed by atoms with Gasteiger partial charge in [-0.25, -0.2) is 15.0 Å². The first-order valence-corrected chi connectivity index (χ1v) is 24.2. The maximum atomic E-state index is 5.09. The van der Waals surface area contributed by atoms with Gasteiger partial charge in [-0.1, -0.05) is 77.3 Å². The number of aromatic amines is 1. The third-order valence-electron chi connectivity index (χ3n) is 14.1. The standard InChI is InChI=1S/C55H71N11/c1-10-12-13-47(37(3)56-9)48-20-21-51(60-38(48)4)66-26-23-40(24-27-66)22-25-64-28-30-65(31-29-64)46-18-16-42(17-19-46)45-33-49-52(62-63-54(49)58-35-45)43-14-15-44(41(11-2)32-43)34-57-39(5)53-59-36-50(61-53)55(6,7)8/h10,14-21,32-33,35,40,47,56-57H,1,3,5,11-13,22-31,34,36H2,2,4,6-9H3,(H,58,62,63). The van der Waals surface area contributed by atoms with Crippen molar-refractivity contribution in [3.05, 3.63) is 126 Å². The Kier molecular flexibility index (Phi) is 14.5. The molecule has 2 fully saturated rings. The topological polar surface area (TPSA) is 113 Å². The first-order valence-electron chi connectivity index (χ1n) is 24.2. The molecule has 66 heavy (non-hydrogen) atoms. The molecule has 5 aromatic rings. The van der Waals surface area contributed by atoms with Gasteiger partial charge < -0.3 is 20.4 Å². The van der Waals surface area contributed by atoms with Crippen LogP contribution in [0.1, 0.15) is 88.1 Å². The number of pyridine rings is 2. The highest BCUT2D eigenvalue weighted by Crippen LogP contribution is 2.34. The number of rotatable bonds is 18. The van der Waals surface area contributed by atoms with E-state index < -0.39 is 0 Å². The zero-order valence-electron chi connectivity index (χ0n) is 40.4. The predicted molar refractivity (Wildman–Crippen MR) is 277 cm³/mol. The number of allylic oxidation sites excluding steroid dienone is 2. The Bertz CT molecular complexity index is 2580. The van der Waals surface area contributed by atoms with Crippen molar-refractivity contribution in [2.24, 2.45) is 21.3 Å². The van der Waals surface area contributed by atoms with E-state index in [2.05, 4.69) is 150 Å². The van der Waals surface area contributed by atoms with Gasteiger partial charge in [-0.2, -0.15) is 5.10 Å². The summed E-state index contributed by atoms with van der Waals surface area (Å²) in [6, 6.07) is 22.3. The molecule has 11 nitrogen and oxygen atoms in total. The van der Waals surface area contributed by atoms with E-state index in [1.807, 2.05) is 19.3 Å². The summed E-state index contributed by atoms with van der Waals surface area (Å²) in [6.45, 7) is 32.2. The van der Waals surface area contributed by atoms with Crippen LogP contribution in [0.2, 0.25) is 0 Å². The first kappa shape index (κ1) is 46.5. The van der Waals surface area contributed by atoms with Crippen LogP contribution in [0.25, 0.3) is 33.4 Å². The first-order chi connectivity index (χ1) is 31.9. The number of H-pyrrole nitrogens is 1. The van der Waals surface area contributed by atoms with Crippen LogP contribution in [-0.2, 0) is 13.0 Å². The quantitative estimate of drug-likeness (QED) is 0.0746. The van der Waals surface area contributed by atoms with Crippen LogP contribution in [0.15, 0.2) is 114 Å². The molecular formula is C55H71N11. The minimum atomic E-state index is -0.00000723. The summed E-state index contributed by atoms with van der Waals surface area (Å²) < 4.78 is 0. The van der Waals surface area contributed by atoms with Crippen molar-refractivity contribution in [2.45, 2.75) is 85.6 Å². The second-order valence-corrected chi connectivity index (χ2v) is 19.4. The third kappa shape index (κ3) is 10.6. The molecule has 0 aliphatic carbocycles. The van der Waals surface area contributed by atoms with Crippen molar-refractivity contribution < 1.29 is 0 Å². The van der Waals surface area contributed by atoms with E-state index in [0.717, 1.165) is 126 Å². The van der Waals surface area contributed by atoms with Gasteiger partial charge >= 0.3 is 0 Å². The van der Waals surface area contributed by atoms with Crippen LogP contribution in [0.3, 0.4) is 0 Å². The van der Waals surface area contributed by atoms with Crippen LogP contribution in [-0.4, -0.2) is 96.0 Å². The molecule has 11 heteroatoms. The number of likely N-dealkylation sites (N-methyl/N-ethyl adjacent to an activating group) is 1. The van der Waals surface area contributed by atoms with Crippen LogP contribution < -0.4 is 20.4 Å². The van der Waals surface area contributed by atoms with Crippen LogP contribution >= 0.6 is 0 Å². The molecule has 0 amide bonds. The summed E-state index contributed by atoms with van der Waals surface area (Å²) in [6.07, 6.45) is 10.5. The van der Waals surface area contributed by atoms with Crippen LogP contribution in [0, 0.1) is 18.3 Å². The number of benzene rings is 2. The van der Waals surface area contributed by atoms with E-state index in [0.29, 0.717) is 18.9 Å². The second kappa shape index (κ2) is 20.6. The Balaban J connectivity index is 0.813. The number of amidine groups is 1. The Morgan fingerprint density at radius 3 is 2.35 bits per heavy atom. The van der Waals surface area contributed by atoms with Crippen LogP contribution in [0.5, 0.6) is 0 Å². The molecule has 1 atom stereocenters. The van der Waals surface area contributed by atoms with Gasteiger partial charge in [-0.3, -0.25) is 15.0 Å². The Morgan fingerprint density at radius 2 is 1.67 bits per heavy atom. The fraction of sp³-hybridized carbons (Fsp3) is 0.436. The molecule has 3 aliphatic heterocycles. The Labute approximate surface area is 393 Å². The molecule has 0 radical (unpaired) electrons. The number of hydrogen-bond acceptors (Lipinski definition) is 10. The smallest absolute Gasteiger partial charge is 0.170 e. The summed E-state index contributed by atoms with van der Waals surface area (Å²) >= 11 is 0. The molecule has 0 saturated carbocycles. The molecule has 0 bridgehead atoms. The van der Waals surface area contributed by atoms with E-state index in [9.17, 15) is 0 Å². The number of aliphatic imine (C=N–C) groups is 2. The number of anilines is 2. The number of hydrogen-bond donors (Lipinski definition) is 3. The van der Waals surface area contributed by atoms with E-state index in [-0.39, 0.29) is 11.3 Å². The average molecular weight is 886 g/mol. The minimum absolute atomic E-state index is 0.00000723. The van der Waals surface area contributed by atoms with Crippen molar-refractivity contribution in [3.8, 4) is 22.4 Å². The van der Waals surface area contributed by atoms with Crippen molar-refractivity contribution in [1.82, 2.24) is 35.7 Å². The lowest BCUT2D eigenvalue weighted by molar-refractivity contribution is 0.228. The molecule has 2 aromatic carbocycles. The van der Waals surface area contributed by atoms with Gasteiger partial charge in [0.2, 0.25) is 0 Å². The molecule has 3 aliphatic rings. The SMILES string of the molecule is C=CCCC(C(=C)NC)c1ccc(N2CCC(CCN3CCN(c4ccc(-c5cnc6[nH]nc(-c7ccc(CNC(=C)C8=NCC(C(C)(C)C)=N8)c(CC)c7)c6c5)cc4)CC3)CC2)nc1C. The number of piperazine rings is 1. The van der Waals surface area contributed by atoms with Crippen molar-refractivity contribution in [2.75, 3.05) is 69.2 Å². The third-order valence-corrected chi connectivity index (χ3v) is 14.1. The molecule has 1 unspecified atom stereocenters. The van der Waals surface area contributed by atoms with Gasteiger partial charge in [-0.15, -0.1) is 6.58 Å². The number of aromatic nitrogens is 4. The molecule has 2 saturated heterocycles. The Hall–Kier alpha value is -6.07. The number of aryl methyl sites for hydroxylation is 2. The number of nitrogens with one attached hydrogen (secondary N) is 3. The number of piperidine rings is 1. The van der Waals surface area contributed by atoms with Gasteiger partial charge in [0.05, 0.1) is 12.2 Å². The summed E-state index contributed by atoms with van der Waals surface area (Å²) in [5.74, 6) is 2.83. The molecule has 8 rings (SSSR count). The van der Waals surface area contributed by atoms with Gasteiger partial charge in [-0.05, 0) is 110 Å². The van der Waals surface area contributed by atoms with Crippen molar-refractivity contribution in [1.29, 1.82) is 0 Å². The lowest BCUT2D eigenvalue weighted by atomic mass is 9.90. The Morgan fingerprint density at radius 1 is 0.909 bits per heavy atom. The van der Waals surface area contributed by atoms with Gasteiger partial charge in [0.25, 0.3) is 0 Å². The second-order valence-electron chi connectivity index (χ2n) is 19.4. The molecule has 3 aromatic heterocycles. The summed E-state index contributed by atoms with van der Waals surface area (Å²) in [4.78, 5) is 27.0. The zero-order chi connectivity index (χ0) is 46.4. The molecular weight excluding hydrogens is 815 g/mol. The maximum Gasteiger partial charge on any atom is 0.170 e. The fourth-order valence-corrected chi connectivity index (χ4v) is 9.74. The predicted octanol–water partition coefficient (Wildman–Crippen LogP) is 10.3. The largest absolute Gasteiger partial charge is 0.391 e. The van der Waals surface area contributed by atoms with Crippen molar-refractivity contribution >= 4 is 34.1 Å². The summed E-state index contributed by atoms with van der Waals surface area (Å²) in [7, 11) is 1.95. The number of fused-ring (bicyclic) bond motifs is 1. The summed E-state index contributed by atoms with van der Waals surface area (Å²) in [5, 5.41) is 15.7. The molecule has 0 spiro atoms. The number of nitrogens with zero attached hydrogens (tertiary/aromatic N) is 8. The van der Waals surface area contributed by atoms with Crippen molar-refractivity contribution in [3.63, 3.8) is 0 Å². The normalized spacial score (nSPS) is 16.6. The monoisotopic (exact) mass is 886 g/mol. The lowest BCUT2D eigenvalue weighted by Gasteiger charge is -2.38. The van der Waals surface area contributed by atoms with E-state index in [4.69, 9.17) is 20.1 Å². The highest BCUT2D eigenvalue weighted by molar-refractivity contribution is 6.12. The highest BCUT2D eigenvalue weighted by Gasteiger charge is 2.26. The molecule has 3 N–H and O–H groups in total. The van der Waals surface area contributed by atoms with Gasteiger partial charge in [0, 0.05) is 110 Å².